The van der Waals surface area contributed by atoms with Gasteiger partial charge in [-0.3, -0.25) is 4.72 Å². The SMILES string of the molecule is C[C@H](CO)Nc1cc(NS(=O)(=O)N(C)C)nc(SCc2cccc(Cl)c2F)n1. The van der Waals surface area contributed by atoms with E-state index in [4.69, 9.17) is 11.6 Å². The van der Waals surface area contributed by atoms with E-state index in [1.165, 1.54) is 26.2 Å². The van der Waals surface area contributed by atoms with Crippen molar-refractivity contribution in [1.29, 1.82) is 0 Å². The fraction of sp³-hybridized carbons (Fsp3) is 0.375. The van der Waals surface area contributed by atoms with Gasteiger partial charge >= 0.3 is 10.2 Å². The van der Waals surface area contributed by atoms with Gasteiger partial charge in [0.1, 0.15) is 17.5 Å². The Kier molecular flexibility index (Phi) is 7.84. The first-order chi connectivity index (χ1) is 13.1. The molecule has 8 nitrogen and oxygen atoms in total. The molecule has 0 spiro atoms. The van der Waals surface area contributed by atoms with Crippen LogP contribution in [0.3, 0.4) is 0 Å². The van der Waals surface area contributed by atoms with Crippen molar-refractivity contribution in [3.05, 3.63) is 40.7 Å². The van der Waals surface area contributed by atoms with Gasteiger partial charge in [-0.15, -0.1) is 0 Å². The Bertz CT molecular complexity index is 930. The fourth-order valence-electron chi connectivity index (χ4n) is 1.94. The van der Waals surface area contributed by atoms with Crippen molar-refractivity contribution in [2.45, 2.75) is 23.9 Å². The molecule has 0 fully saturated rings. The van der Waals surface area contributed by atoms with Crippen molar-refractivity contribution in [1.82, 2.24) is 14.3 Å². The van der Waals surface area contributed by atoms with E-state index in [1.54, 1.807) is 19.1 Å². The summed E-state index contributed by atoms with van der Waals surface area (Å²) in [5.74, 6) is 0.0477. The van der Waals surface area contributed by atoms with Crippen LogP contribution in [0.25, 0.3) is 0 Å². The molecule has 12 heteroatoms. The van der Waals surface area contributed by atoms with Crippen molar-refractivity contribution >= 4 is 45.2 Å². The Labute approximate surface area is 172 Å². The quantitative estimate of drug-likeness (QED) is 0.399. The highest BCUT2D eigenvalue weighted by Crippen LogP contribution is 2.27. The molecule has 0 aliphatic rings. The molecule has 154 valence electrons. The smallest absolute Gasteiger partial charge is 0.302 e. The molecule has 1 atom stereocenters. The predicted molar refractivity (Wildman–Crippen MR) is 109 cm³/mol. The molecule has 3 N–H and O–H groups in total. The van der Waals surface area contributed by atoms with Crippen molar-refractivity contribution in [2.24, 2.45) is 0 Å². The number of aliphatic hydroxyl groups excluding tert-OH is 1. The zero-order valence-corrected chi connectivity index (χ0v) is 17.9. The molecule has 28 heavy (non-hydrogen) atoms. The molecule has 1 heterocycles. The summed E-state index contributed by atoms with van der Waals surface area (Å²) in [7, 11) is -1.00. The van der Waals surface area contributed by atoms with Crippen LogP contribution in [0.1, 0.15) is 12.5 Å². The van der Waals surface area contributed by atoms with Gasteiger partial charge < -0.3 is 10.4 Å². The standard InChI is InChI=1S/C16H21ClFN5O3S2/c1-10(8-24)19-13-7-14(22-28(25,26)23(2)3)21-16(20-13)27-9-11-5-4-6-12(17)15(11)18/h4-7,10,24H,8-9H2,1-3H3,(H2,19,20,21,22)/t10-/m1/s1. The summed E-state index contributed by atoms with van der Waals surface area (Å²) in [5.41, 5.74) is 0.374. The van der Waals surface area contributed by atoms with Crippen LogP contribution >= 0.6 is 23.4 Å². The Morgan fingerprint density at radius 1 is 1.32 bits per heavy atom. The molecule has 1 aromatic heterocycles. The topological polar surface area (TPSA) is 107 Å². The van der Waals surface area contributed by atoms with E-state index < -0.39 is 16.0 Å². The largest absolute Gasteiger partial charge is 0.394 e. The minimum Gasteiger partial charge on any atom is -0.394 e. The van der Waals surface area contributed by atoms with Crippen molar-refractivity contribution < 1.29 is 17.9 Å². The van der Waals surface area contributed by atoms with Crippen molar-refractivity contribution in [3.8, 4) is 0 Å². The van der Waals surface area contributed by atoms with Crippen LogP contribution < -0.4 is 10.0 Å². The third-order valence-electron chi connectivity index (χ3n) is 3.48. The number of thioether (sulfide) groups is 1. The molecule has 0 aliphatic carbocycles. The molecule has 0 saturated heterocycles. The number of halogens is 2. The lowest BCUT2D eigenvalue weighted by Crippen LogP contribution is -2.29. The predicted octanol–water partition coefficient (Wildman–Crippen LogP) is 2.57. The van der Waals surface area contributed by atoms with Crippen LogP contribution in [-0.4, -0.2) is 54.5 Å². The second kappa shape index (κ2) is 9.70. The molecule has 1 aromatic carbocycles. The van der Waals surface area contributed by atoms with Gasteiger partial charge in [-0.2, -0.15) is 12.7 Å². The Hall–Kier alpha value is -1.66. The van der Waals surface area contributed by atoms with E-state index in [9.17, 15) is 17.9 Å². The van der Waals surface area contributed by atoms with Crippen LogP contribution in [0.15, 0.2) is 29.4 Å². The summed E-state index contributed by atoms with van der Waals surface area (Å²) in [5, 5.41) is 12.4. The number of nitrogens with zero attached hydrogens (tertiary/aromatic N) is 3. The van der Waals surface area contributed by atoms with E-state index in [0.717, 1.165) is 16.1 Å². The van der Waals surface area contributed by atoms with Crippen molar-refractivity contribution in [3.63, 3.8) is 0 Å². The Balaban J connectivity index is 2.29. The van der Waals surface area contributed by atoms with Crippen LogP contribution in [0.2, 0.25) is 5.02 Å². The van der Waals surface area contributed by atoms with Gasteiger partial charge in [0, 0.05) is 32.0 Å². The van der Waals surface area contributed by atoms with Crippen LogP contribution in [0.4, 0.5) is 16.0 Å². The first-order valence-corrected chi connectivity index (χ1v) is 10.9. The average Bonchev–Trinajstić information content (AvgIpc) is 2.62. The summed E-state index contributed by atoms with van der Waals surface area (Å²) in [6, 6.07) is 5.80. The molecule has 2 aromatic rings. The molecular formula is C16H21ClFN5O3S2. The summed E-state index contributed by atoms with van der Waals surface area (Å²) in [6.45, 7) is 1.60. The number of hydrogen-bond donors (Lipinski definition) is 3. The highest BCUT2D eigenvalue weighted by Gasteiger charge is 2.17. The number of rotatable bonds is 9. The third-order valence-corrected chi connectivity index (χ3v) is 6.09. The summed E-state index contributed by atoms with van der Waals surface area (Å²) in [6.07, 6.45) is 0. The maximum atomic E-state index is 14.1. The normalized spacial score (nSPS) is 12.8. The zero-order chi connectivity index (χ0) is 20.9. The van der Waals surface area contributed by atoms with Gasteiger partial charge in [-0.1, -0.05) is 35.5 Å². The minimum absolute atomic E-state index is 0.0191. The van der Waals surface area contributed by atoms with E-state index in [2.05, 4.69) is 20.0 Å². The number of benzene rings is 1. The number of aliphatic hydroxyl groups is 1. The van der Waals surface area contributed by atoms with Gasteiger partial charge in [0.25, 0.3) is 0 Å². The monoisotopic (exact) mass is 449 g/mol. The summed E-state index contributed by atoms with van der Waals surface area (Å²) >= 11 is 6.91. The van der Waals surface area contributed by atoms with E-state index in [1.807, 2.05) is 0 Å². The molecule has 0 unspecified atom stereocenters. The molecule has 0 radical (unpaired) electrons. The lowest BCUT2D eigenvalue weighted by molar-refractivity contribution is 0.281. The highest BCUT2D eigenvalue weighted by atomic mass is 35.5. The molecule has 0 bridgehead atoms. The van der Waals surface area contributed by atoms with Gasteiger partial charge in [0.15, 0.2) is 5.16 Å². The Morgan fingerprint density at radius 3 is 2.64 bits per heavy atom. The zero-order valence-electron chi connectivity index (χ0n) is 15.5. The van der Waals surface area contributed by atoms with Gasteiger partial charge in [0.2, 0.25) is 0 Å². The van der Waals surface area contributed by atoms with Crippen LogP contribution in [-0.2, 0) is 16.0 Å². The van der Waals surface area contributed by atoms with E-state index >= 15 is 0 Å². The number of aromatic nitrogens is 2. The van der Waals surface area contributed by atoms with E-state index in [0.29, 0.717) is 11.4 Å². The molecular weight excluding hydrogens is 429 g/mol. The Morgan fingerprint density at radius 2 is 2.00 bits per heavy atom. The lowest BCUT2D eigenvalue weighted by atomic mass is 10.2. The van der Waals surface area contributed by atoms with Gasteiger partial charge in [-0.25, -0.2) is 14.4 Å². The molecule has 0 saturated carbocycles. The molecule has 0 amide bonds. The van der Waals surface area contributed by atoms with Crippen LogP contribution in [0.5, 0.6) is 0 Å². The first kappa shape index (κ1) is 22.6. The fourth-order valence-corrected chi connectivity index (χ4v) is 3.52. The third kappa shape index (κ3) is 6.17. The van der Waals surface area contributed by atoms with Gasteiger partial charge in [-0.05, 0) is 18.6 Å². The molecule has 0 aliphatic heterocycles. The first-order valence-electron chi connectivity index (χ1n) is 8.15. The number of hydrogen-bond acceptors (Lipinski definition) is 7. The highest BCUT2D eigenvalue weighted by molar-refractivity contribution is 7.98. The number of nitrogens with one attached hydrogen (secondary N) is 2. The summed E-state index contributed by atoms with van der Waals surface area (Å²) in [4.78, 5) is 8.47. The van der Waals surface area contributed by atoms with Crippen LogP contribution in [0, 0.1) is 5.82 Å². The second-order valence-corrected chi connectivity index (χ2v) is 9.27. The lowest BCUT2D eigenvalue weighted by Gasteiger charge is -2.16. The molecule has 2 rings (SSSR count). The van der Waals surface area contributed by atoms with Gasteiger partial charge in [0.05, 0.1) is 11.6 Å². The van der Waals surface area contributed by atoms with Crippen molar-refractivity contribution in [2.75, 3.05) is 30.7 Å². The summed E-state index contributed by atoms with van der Waals surface area (Å²) < 4.78 is 41.6. The maximum Gasteiger partial charge on any atom is 0.302 e. The maximum absolute atomic E-state index is 14.1. The van der Waals surface area contributed by atoms with E-state index in [-0.39, 0.29) is 34.4 Å². The minimum atomic E-state index is -3.77. The number of anilines is 2. The average molecular weight is 450 g/mol. The second-order valence-electron chi connectivity index (χ2n) is 6.04.